The molecule has 0 spiro atoms. The lowest BCUT2D eigenvalue weighted by molar-refractivity contribution is -0.133. The van der Waals surface area contributed by atoms with E-state index in [0.29, 0.717) is 10.7 Å². The Labute approximate surface area is 201 Å². The highest BCUT2D eigenvalue weighted by Gasteiger charge is 2.49. The number of nitrogens with zero attached hydrogens (tertiary/aromatic N) is 2. The number of hydrogen-bond acceptors (Lipinski definition) is 5. The largest absolute Gasteiger partial charge is 0.325 e. The molecule has 0 saturated carbocycles. The fraction of sp³-hybridized carbons (Fsp3) is 0.280. The van der Waals surface area contributed by atoms with Crippen molar-refractivity contribution >= 4 is 34.3 Å². The Balaban J connectivity index is 1.45. The molecule has 3 aromatic rings. The Bertz CT molecular complexity index is 1240. The highest BCUT2D eigenvalue weighted by atomic mass is 32.1. The first-order chi connectivity index (χ1) is 16.2. The summed E-state index contributed by atoms with van der Waals surface area (Å²) in [5.41, 5.74) is 2.05. The summed E-state index contributed by atoms with van der Waals surface area (Å²) in [6, 6.07) is 12.8. The van der Waals surface area contributed by atoms with E-state index in [1.165, 1.54) is 48.1 Å². The zero-order chi connectivity index (χ0) is 24.5. The van der Waals surface area contributed by atoms with E-state index in [0.717, 1.165) is 33.9 Å². The van der Waals surface area contributed by atoms with Gasteiger partial charge < -0.3 is 10.6 Å². The molecule has 4 rings (SSSR count). The van der Waals surface area contributed by atoms with Gasteiger partial charge in [-0.3, -0.25) is 14.5 Å². The predicted octanol–water partition coefficient (Wildman–Crippen LogP) is 4.62. The van der Waals surface area contributed by atoms with Crippen molar-refractivity contribution in [2.75, 3.05) is 11.9 Å². The van der Waals surface area contributed by atoms with Crippen molar-refractivity contribution in [1.29, 1.82) is 0 Å². The smallest absolute Gasteiger partial charge is 0.319 e. The second-order valence-corrected chi connectivity index (χ2v) is 9.58. The first kappa shape index (κ1) is 23.6. The number of imide groups is 1. The van der Waals surface area contributed by atoms with Gasteiger partial charge >= 0.3 is 6.03 Å². The number of carbonyl (C=O) groups is 3. The summed E-state index contributed by atoms with van der Waals surface area (Å²) in [5.74, 6) is -1.57. The van der Waals surface area contributed by atoms with Gasteiger partial charge in [-0.15, -0.1) is 11.3 Å². The second-order valence-electron chi connectivity index (χ2n) is 8.37. The van der Waals surface area contributed by atoms with Crippen LogP contribution >= 0.6 is 11.3 Å². The lowest BCUT2D eigenvalue weighted by Crippen LogP contribution is -2.42. The number of rotatable bonds is 7. The Morgan fingerprint density at radius 1 is 1.15 bits per heavy atom. The third-order valence-electron chi connectivity index (χ3n) is 5.81. The maximum atomic E-state index is 13.3. The summed E-state index contributed by atoms with van der Waals surface area (Å²) in [5, 5.41) is 5.69. The van der Waals surface area contributed by atoms with Crippen LogP contribution < -0.4 is 10.6 Å². The number of nitrogens with one attached hydrogen (secondary N) is 2. The minimum atomic E-state index is -1.38. The van der Waals surface area contributed by atoms with Gasteiger partial charge in [0.2, 0.25) is 5.91 Å². The normalized spacial score (nSPS) is 17.7. The van der Waals surface area contributed by atoms with Gasteiger partial charge in [-0.05, 0) is 43.5 Å². The molecule has 2 heterocycles. The van der Waals surface area contributed by atoms with Crippen molar-refractivity contribution in [1.82, 2.24) is 15.2 Å². The highest BCUT2D eigenvalue weighted by molar-refractivity contribution is 7.16. The van der Waals surface area contributed by atoms with Crippen molar-refractivity contribution in [3.05, 3.63) is 70.4 Å². The second kappa shape index (κ2) is 9.34. The summed E-state index contributed by atoms with van der Waals surface area (Å²) < 4.78 is 13.3. The van der Waals surface area contributed by atoms with Crippen molar-refractivity contribution < 1.29 is 18.8 Å². The average Bonchev–Trinajstić information content (AvgIpc) is 3.27. The Morgan fingerprint density at radius 3 is 2.47 bits per heavy atom. The monoisotopic (exact) mass is 480 g/mol. The zero-order valence-corrected chi connectivity index (χ0v) is 20.0. The molecule has 0 radical (unpaired) electrons. The molecule has 34 heavy (non-hydrogen) atoms. The van der Waals surface area contributed by atoms with Gasteiger partial charge in [0.15, 0.2) is 5.13 Å². The summed E-state index contributed by atoms with van der Waals surface area (Å²) in [6.45, 7) is 5.13. The lowest BCUT2D eigenvalue weighted by Gasteiger charge is -2.22. The van der Waals surface area contributed by atoms with Crippen molar-refractivity contribution in [3.63, 3.8) is 0 Å². The van der Waals surface area contributed by atoms with E-state index in [-0.39, 0.29) is 0 Å². The van der Waals surface area contributed by atoms with E-state index in [1.807, 2.05) is 19.1 Å². The quantitative estimate of drug-likeness (QED) is 0.483. The van der Waals surface area contributed by atoms with Gasteiger partial charge in [0, 0.05) is 10.4 Å². The highest BCUT2D eigenvalue weighted by Crippen LogP contribution is 2.31. The minimum Gasteiger partial charge on any atom is -0.319 e. The number of aryl methyl sites for hydroxylation is 2. The molecule has 7 nitrogen and oxygen atoms in total. The molecule has 2 aromatic carbocycles. The predicted molar refractivity (Wildman–Crippen MR) is 129 cm³/mol. The number of benzene rings is 2. The number of aromatic nitrogens is 1. The van der Waals surface area contributed by atoms with Gasteiger partial charge in [0.05, 0.1) is 5.69 Å². The van der Waals surface area contributed by atoms with E-state index in [9.17, 15) is 18.8 Å². The third-order valence-corrected chi connectivity index (χ3v) is 6.69. The Morgan fingerprint density at radius 2 is 1.82 bits per heavy atom. The summed E-state index contributed by atoms with van der Waals surface area (Å²) in [6.07, 6.45) is 2.09. The van der Waals surface area contributed by atoms with Gasteiger partial charge in [0.1, 0.15) is 17.9 Å². The molecule has 9 heteroatoms. The number of carbonyl (C=O) groups excluding carboxylic acids is 3. The average molecular weight is 481 g/mol. The maximum absolute atomic E-state index is 13.3. The standard InChI is InChI=1S/C25H25FN4O3S/c1-4-5-16-6-8-17(9-7-16)21-15(2)34-23(28-21)27-20(31)14-30-22(32)25(3,29-24(30)33)18-10-12-19(26)13-11-18/h6-13H,4-5,14H2,1-3H3,(H,29,33)(H,27,28,31)/t25-/m1/s1. The van der Waals surface area contributed by atoms with Crippen molar-refractivity contribution in [2.45, 2.75) is 39.2 Å². The Kier molecular flexibility index (Phi) is 6.47. The number of thiazole rings is 1. The summed E-state index contributed by atoms with van der Waals surface area (Å²) >= 11 is 1.33. The fourth-order valence-electron chi connectivity index (χ4n) is 3.96. The number of hydrogen-bond donors (Lipinski definition) is 2. The van der Waals surface area contributed by atoms with Crippen LogP contribution in [0.15, 0.2) is 48.5 Å². The molecule has 1 saturated heterocycles. The molecule has 2 N–H and O–H groups in total. The first-order valence-corrected chi connectivity index (χ1v) is 11.8. The molecule has 1 atom stereocenters. The summed E-state index contributed by atoms with van der Waals surface area (Å²) in [4.78, 5) is 44.4. The Hall–Kier alpha value is -3.59. The first-order valence-electron chi connectivity index (χ1n) is 11.0. The number of urea groups is 1. The van der Waals surface area contributed by atoms with E-state index in [2.05, 4.69) is 34.7 Å². The van der Waals surface area contributed by atoms with Crippen LogP contribution in [-0.4, -0.2) is 34.3 Å². The fourth-order valence-corrected chi connectivity index (χ4v) is 4.81. The van der Waals surface area contributed by atoms with Gasteiger partial charge in [-0.2, -0.15) is 0 Å². The minimum absolute atomic E-state index is 0.392. The van der Waals surface area contributed by atoms with Gasteiger partial charge in [0.25, 0.3) is 5.91 Å². The zero-order valence-electron chi connectivity index (χ0n) is 19.1. The van der Waals surface area contributed by atoms with Gasteiger partial charge in [-0.1, -0.05) is 49.7 Å². The SMILES string of the molecule is CCCc1ccc(-c2nc(NC(=O)CN3C(=O)N[C@](C)(c4ccc(F)cc4)C3=O)sc2C)cc1. The van der Waals surface area contributed by atoms with Crippen LogP contribution in [-0.2, 0) is 21.5 Å². The number of anilines is 1. The maximum Gasteiger partial charge on any atom is 0.325 e. The molecule has 1 aliphatic rings. The van der Waals surface area contributed by atoms with Crippen LogP contribution in [0.3, 0.4) is 0 Å². The number of amides is 4. The van der Waals surface area contributed by atoms with Gasteiger partial charge in [-0.25, -0.2) is 14.2 Å². The molecule has 4 amide bonds. The molecule has 1 aromatic heterocycles. The van der Waals surface area contributed by atoms with E-state index in [4.69, 9.17) is 0 Å². The van der Waals surface area contributed by atoms with E-state index < -0.39 is 35.7 Å². The summed E-state index contributed by atoms with van der Waals surface area (Å²) in [7, 11) is 0. The molecule has 176 valence electrons. The third kappa shape index (κ3) is 4.56. The van der Waals surface area contributed by atoms with E-state index >= 15 is 0 Å². The molecule has 0 unspecified atom stereocenters. The van der Waals surface area contributed by atoms with Crippen LogP contribution in [0.5, 0.6) is 0 Å². The topological polar surface area (TPSA) is 91.4 Å². The van der Waals surface area contributed by atoms with Crippen LogP contribution in [0.2, 0.25) is 0 Å². The van der Waals surface area contributed by atoms with E-state index in [1.54, 1.807) is 0 Å². The van der Waals surface area contributed by atoms with Crippen LogP contribution in [0.4, 0.5) is 14.3 Å². The van der Waals surface area contributed by atoms with Crippen molar-refractivity contribution in [2.24, 2.45) is 0 Å². The lowest BCUT2D eigenvalue weighted by atomic mass is 9.92. The van der Waals surface area contributed by atoms with Crippen LogP contribution in [0, 0.1) is 12.7 Å². The molecular formula is C25H25FN4O3S. The van der Waals surface area contributed by atoms with Crippen molar-refractivity contribution in [3.8, 4) is 11.3 Å². The molecule has 1 fully saturated rings. The molecule has 0 bridgehead atoms. The molecule has 1 aliphatic heterocycles. The molecular weight excluding hydrogens is 455 g/mol. The van der Waals surface area contributed by atoms with Crippen LogP contribution in [0.25, 0.3) is 11.3 Å². The van der Waals surface area contributed by atoms with Crippen LogP contribution in [0.1, 0.15) is 36.3 Å². The number of halogens is 1. The molecule has 0 aliphatic carbocycles.